The lowest BCUT2D eigenvalue weighted by atomic mass is 10.4. The van der Waals surface area contributed by atoms with Crippen LogP contribution in [0.15, 0.2) is 10.8 Å². The Kier molecular flexibility index (Phi) is 1.14. The fourth-order valence-corrected chi connectivity index (χ4v) is 0.844. The van der Waals surface area contributed by atoms with Crippen LogP contribution in [0.25, 0.3) is 0 Å². The van der Waals surface area contributed by atoms with Crippen LogP contribution in [-0.2, 0) is 0 Å². The predicted octanol–water partition coefficient (Wildman–Crippen LogP) is 1.53. The van der Waals surface area contributed by atoms with E-state index in [4.69, 9.17) is 6.42 Å². The first-order chi connectivity index (χ1) is 3.43. The minimum atomic E-state index is 0.852. The standard InChI is InChI=1S/C6H3S/c1-2-6-3-4-7-5-6/h1,4-5H. The Balaban J connectivity index is 3.04. The molecule has 0 N–H and O–H groups in total. The van der Waals surface area contributed by atoms with E-state index in [1.54, 1.807) is 11.3 Å². The van der Waals surface area contributed by atoms with Gasteiger partial charge in [-0.15, -0.1) is 6.42 Å². The highest BCUT2D eigenvalue weighted by Gasteiger charge is 1.80. The molecule has 0 aliphatic heterocycles. The maximum absolute atomic E-state index is 5.02. The predicted molar refractivity (Wildman–Crippen MR) is 31.1 cm³/mol. The van der Waals surface area contributed by atoms with E-state index in [0.717, 1.165) is 5.56 Å². The number of hydrogen-bond donors (Lipinski definition) is 0. The molecule has 0 nitrogen and oxygen atoms in total. The van der Waals surface area contributed by atoms with E-state index in [0.29, 0.717) is 0 Å². The molecule has 0 spiro atoms. The quantitative estimate of drug-likeness (QED) is 0.441. The molecule has 1 radical (unpaired) electrons. The van der Waals surface area contributed by atoms with Crippen molar-refractivity contribution in [3.05, 3.63) is 22.4 Å². The summed E-state index contributed by atoms with van der Waals surface area (Å²) in [5, 5.41) is 3.73. The van der Waals surface area contributed by atoms with Crippen LogP contribution < -0.4 is 0 Å². The third-order valence-electron chi connectivity index (χ3n) is 0.624. The molecule has 0 aliphatic carbocycles. The zero-order valence-electron chi connectivity index (χ0n) is 3.64. The highest BCUT2D eigenvalue weighted by molar-refractivity contribution is 7.07. The van der Waals surface area contributed by atoms with Gasteiger partial charge in [0, 0.05) is 17.0 Å². The fraction of sp³-hybridized carbons (Fsp3) is 0. The summed E-state index contributed by atoms with van der Waals surface area (Å²) in [6.45, 7) is 0. The van der Waals surface area contributed by atoms with Gasteiger partial charge in [-0.1, -0.05) is 5.92 Å². The molecule has 1 heteroatoms. The van der Waals surface area contributed by atoms with Gasteiger partial charge in [0.2, 0.25) is 0 Å². The van der Waals surface area contributed by atoms with E-state index in [-0.39, 0.29) is 0 Å². The molecule has 0 aliphatic rings. The Morgan fingerprint density at radius 2 is 2.71 bits per heavy atom. The molecule has 0 saturated heterocycles. The smallest absolute Gasteiger partial charge is 0.0428 e. The van der Waals surface area contributed by atoms with Gasteiger partial charge in [0.1, 0.15) is 0 Å². The minimum Gasteiger partial charge on any atom is -0.150 e. The monoisotopic (exact) mass is 107 g/mol. The van der Waals surface area contributed by atoms with Gasteiger partial charge >= 0.3 is 0 Å². The first-order valence-corrected chi connectivity index (χ1v) is 2.78. The van der Waals surface area contributed by atoms with E-state index in [1.807, 2.05) is 10.8 Å². The Hall–Kier alpha value is -0.740. The number of thiophene rings is 1. The fourth-order valence-electron chi connectivity index (χ4n) is 0.309. The van der Waals surface area contributed by atoms with Gasteiger partial charge in [-0.05, 0) is 5.38 Å². The van der Waals surface area contributed by atoms with Gasteiger partial charge in [0.05, 0.1) is 0 Å². The van der Waals surface area contributed by atoms with E-state index in [2.05, 4.69) is 12.0 Å². The van der Waals surface area contributed by atoms with Gasteiger partial charge < -0.3 is 0 Å². The molecule has 0 atom stereocenters. The Morgan fingerprint density at radius 3 is 3.00 bits per heavy atom. The molecule has 1 aromatic rings. The Morgan fingerprint density at radius 1 is 1.86 bits per heavy atom. The van der Waals surface area contributed by atoms with Gasteiger partial charge in [-0.25, -0.2) is 0 Å². The number of terminal acetylenes is 1. The Bertz CT molecular complexity index is 167. The van der Waals surface area contributed by atoms with Crippen molar-refractivity contribution in [3.63, 3.8) is 0 Å². The summed E-state index contributed by atoms with van der Waals surface area (Å²) in [6, 6.07) is 2.87. The summed E-state index contributed by atoms with van der Waals surface area (Å²) in [7, 11) is 0. The normalized spacial score (nSPS) is 7.86. The second-order valence-corrected chi connectivity index (χ2v) is 1.82. The van der Waals surface area contributed by atoms with Gasteiger partial charge in [-0.2, -0.15) is 11.3 Å². The molecule has 0 bridgehead atoms. The lowest BCUT2D eigenvalue weighted by Gasteiger charge is -1.65. The second-order valence-electron chi connectivity index (χ2n) is 1.07. The third-order valence-corrected chi connectivity index (χ3v) is 1.25. The minimum absolute atomic E-state index is 0.852. The molecule has 0 unspecified atom stereocenters. The maximum Gasteiger partial charge on any atom is 0.0428 e. The summed E-state index contributed by atoms with van der Waals surface area (Å²) < 4.78 is 0. The van der Waals surface area contributed by atoms with Crippen LogP contribution in [0.3, 0.4) is 0 Å². The van der Waals surface area contributed by atoms with Crippen molar-refractivity contribution in [3.8, 4) is 12.3 Å². The van der Waals surface area contributed by atoms with Crippen LogP contribution in [0.5, 0.6) is 0 Å². The van der Waals surface area contributed by atoms with Crippen molar-refractivity contribution < 1.29 is 0 Å². The van der Waals surface area contributed by atoms with Crippen LogP contribution in [0.2, 0.25) is 0 Å². The Labute approximate surface area is 46.8 Å². The molecule has 0 amide bonds. The first kappa shape index (κ1) is 4.42. The molecular formula is C6H3S. The molecule has 0 aromatic carbocycles. The molecule has 1 heterocycles. The lowest BCUT2D eigenvalue weighted by molar-refractivity contribution is 1.84. The van der Waals surface area contributed by atoms with Crippen molar-refractivity contribution in [2.75, 3.05) is 0 Å². The summed E-state index contributed by atoms with van der Waals surface area (Å²) in [5.74, 6) is 2.46. The summed E-state index contributed by atoms with van der Waals surface area (Å²) in [4.78, 5) is 0. The van der Waals surface area contributed by atoms with Crippen LogP contribution in [-0.4, -0.2) is 0 Å². The largest absolute Gasteiger partial charge is 0.150 e. The van der Waals surface area contributed by atoms with E-state index < -0.39 is 0 Å². The van der Waals surface area contributed by atoms with Crippen molar-refractivity contribution in [2.24, 2.45) is 0 Å². The zero-order valence-corrected chi connectivity index (χ0v) is 4.46. The molecule has 0 fully saturated rings. The van der Waals surface area contributed by atoms with Gasteiger partial charge in [0.25, 0.3) is 0 Å². The molecule has 0 saturated carbocycles. The highest BCUT2D eigenvalue weighted by Crippen LogP contribution is 2.00. The number of rotatable bonds is 0. The molecule has 1 rings (SSSR count). The second kappa shape index (κ2) is 1.81. The zero-order chi connectivity index (χ0) is 5.11. The van der Waals surface area contributed by atoms with Crippen LogP contribution in [0.4, 0.5) is 0 Å². The topological polar surface area (TPSA) is 0 Å². The van der Waals surface area contributed by atoms with Gasteiger partial charge in [0.15, 0.2) is 0 Å². The van der Waals surface area contributed by atoms with Crippen molar-refractivity contribution in [1.82, 2.24) is 0 Å². The third kappa shape index (κ3) is 0.819. The summed E-state index contributed by atoms with van der Waals surface area (Å²) >= 11 is 1.57. The van der Waals surface area contributed by atoms with Crippen LogP contribution in [0.1, 0.15) is 5.56 Å². The maximum atomic E-state index is 5.02. The van der Waals surface area contributed by atoms with E-state index in [9.17, 15) is 0 Å². The van der Waals surface area contributed by atoms with E-state index in [1.165, 1.54) is 0 Å². The van der Waals surface area contributed by atoms with Crippen LogP contribution >= 0.6 is 11.3 Å². The average Bonchev–Trinajstić information content (AvgIpc) is 2.14. The van der Waals surface area contributed by atoms with Crippen LogP contribution in [0, 0.1) is 18.4 Å². The summed E-state index contributed by atoms with van der Waals surface area (Å²) in [6.07, 6.45) is 5.02. The van der Waals surface area contributed by atoms with E-state index >= 15 is 0 Å². The molecule has 33 valence electrons. The lowest BCUT2D eigenvalue weighted by Crippen LogP contribution is -1.55. The molecular weight excluding hydrogens is 104 g/mol. The van der Waals surface area contributed by atoms with Crippen molar-refractivity contribution >= 4 is 11.3 Å². The van der Waals surface area contributed by atoms with Crippen molar-refractivity contribution in [1.29, 1.82) is 0 Å². The highest BCUT2D eigenvalue weighted by atomic mass is 32.1. The first-order valence-electron chi connectivity index (χ1n) is 1.84. The van der Waals surface area contributed by atoms with Crippen molar-refractivity contribution in [2.45, 2.75) is 0 Å². The SMILES string of the molecule is C#Cc1[c]csc1. The summed E-state index contributed by atoms with van der Waals surface area (Å²) in [5.41, 5.74) is 0.852. The molecule has 1 aromatic heterocycles. The number of hydrogen-bond acceptors (Lipinski definition) is 1. The molecule has 7 heavy (non-hydrogen) atoms. The average molecular weight is 107 g/mol. The van der Waals surface area contributed by atoms with Gasteiger partial charge in [-0.3, -0.25) is 0 Å².